The van der Waals surface area contributed by atoms with E-state index in [1.807, 2.05) is 12.1 Å². The van der Waals surface area contributed by atoms with E-state index in [4.69, 9.17) is 0 Å². The fourth-order valence-electron chi connectivity index (χ4n) is 1.45. The van der Waals surface area contributed by atoms with Crippen LogP contribution in [-0.2, 0) is 0 Å². The van der Waals surface area contributed by atoms with Crippen molar-refractivity contribution in [3.63, 3.8) is 0 Å². The van der Waals surface area contributed by atoms with Gasteiger partial charge >= 0.3 is 0 Å². The summed E-state index contributed by atoms with van der Waals surface area (Å²) in [6.45, 7) is 0. The van der Waals surface area contributed by atoms with Crippen LogP contribution in [0, 0.1) is 5.82 Å². The molecule has 1 aromatic heterocycles. The molecule has 0 aliphatic carbocycles. The van der Waals surface area contributed by atoms with E-state index in [9.17, 15) is 9.50 Å². The van der Waals surface area contributed by atoms with Gasteiger partial charge in [-0.2, -0.15) is 0 Å². The predicted octanol–water partition coefficient (Wildman–Crippen LogP) is 3.81. The van der Waals surface area contributed by atoms with Crippen molar-refractivity contribution >= 4 is 27.7 Å². The van der Waals surface area contributed by atoms with Gasteiger partial charge in [0.05, 0.1) is 11.1 Å². The van der Waals surface area contributed by atoms with Crippen LogP contribution < -0.4 is 0 Å². The summed E-state index contributed by atoms with van der Waals surface area (Å²) in [5.74, 6) is -0.00962. The van der Waals surface area contributed by atoms with Gasteiger partial charge in [-0.15, -0.1) is 11.8 Å². The average molecular weight is 328 g/mol. The van der Waals surface area contributed by atoms with Crippen molar-refractivity contribution in [2.24, 2.45) is 0 Å². The van der Waals surface area contributed by atoms with E-state index in [-0.39, 0.29) is 5.82 Å². The lowest BCUT2D eigenvalue weighted by Crippen LogP contribution is -2.03. The highest BCUT2D eigenvalue weighted by Gasteiger charge is 2.12. The zero-order valence-corrected chi connectivity index (χ0v) is 11.8. The number of thioether (sulfide) groups is 1. The van der Waals surface area contributed by atoms with Crippen molar-refractivity contribution in [1.82, 2.24) is 4.98 Å². The van der Waals surface area contributed by atoms with Crippen molar-refractivity contribution in [3.05, 3.63) is 58.4 Å². The van der Waals surface area contributed by atoms with Gasteiger partial charge in [-0.05, 0) is 34.1 Å². The van der Waals surface area contributed by atoms with E-state index in [2.05, 4.69) is 20.9 Å². The van der Waals surface area contributed by atoms with Crippen molar-refractivity contribution < 1.29 is 9.50 Å². The van der Waals surface area contributed by atoms with Crippen LogP contribution in [-0.4, -0.2) is 15.8 Å². The summed E-state index contributed by atoms with van der Waals surface area (Å²) in [5.41, 5.74) is 0.321. The number of halogens is 2. The topological polar surface area (TPSA) is 33.1 Å². The monoisotopic (exact) mass is 327 g/mol. The summed E-state index contributed by atoms with van der Waals surface area (Å²) in [6.07, 6.45) is 0.860. The molecule has 0 fully saturated rings. The quantitative estimate of drug-likeness (QED) is 0.867. The lowest BCUT2D eigenvalue weighted by molar-refractivity contribution is 0.199. The maximum atomic E-state index is 13.4. The Hall–Kier alpha value is -0.910. The molecule has 94 valence electrons. The van der Waals surface area contributed by atoms with Gasteiger partial charge in [-0.1, -0.05) is 18.2 Å². The number of aromatic nitrogens is 1. The third-order valence-corrected chi connectivity index (χ3v) is 3.84. The van der Waals surface area contributed by atoms with Crippen LogP contribution in [0.5, 0.6) is 0 Å². The molecule has 2 nitrogen and oxygen atoms in total. The third-order valence-electron chi connectivity index (χ3n) is 2.35. The Morgan fingerprint density at radius 2 is 2.06 bits per heavy atom. The molecule has 1 unspecified atom stereocenters. The average Bonchev–Trinajstić information content (AvgIpc) is 2.38. The maximum absolute atomic E-state index is 13.4. The standard InChI is InChI=1S/C13H11BrFNOS/c14-9-5-6-13(16-7-9)18-8-12(17)10-3-1-2-4-11(10)15/h1-7,12,17H,8H2. The molecule has 1 aromatic carbocycles. The number of pyridine rings is 1. The van der Waals surface area contributed by atoms with Crippen LogP contribution in [0.4, 0.5) is 4.39 Å². The molecule has 2 rings (SSSR count). The zero-order valence-electron chi connectivity index (χ0n) is 9.38. The summed E-state index contributed by atoms with van der Waals surface area (Å²) in [6, 6.07) is 9.99. The minimum Gasteiger partial charge on any atom is -0.387 e. The Kier molecular flexibility index (Phi) is 4.74. The Morgan fingerprint density at radius 3 is 2.72 bits per heavy atom. The van der Waals surface area contributed by atoms with Gasteiger partial charge in [-0.25, -0.2) is 9.37 Å². The predicted molar refractivity (Wildman–Crippen MR) is 74.0 cm³/mol. The molecule has 0 radical (unpaired) electrons. The van der Waals surface area contributed by atoms with Crippen LogP contribution in [0.1, 0.15) is 11.7 Å². The van der Waals surface area contributed by atoms with Gasteiger partial charge in [0.25, 0.3) is 0 Å². The van der Waals surface area contributed by atoms with Crippen molar-refractivity contribution in [2.45, 2.75) is 11.1 Å². The molecule has 0 bridgehead atoms. The molecule has 18 heavy (non-hydrogen) atoms. The molecule has 0 amide bonds. The molecule has 0 saturated carbocycles. The molecule has 0 saturated heterocycles. The molecule has 0 spiro atoms. The van der Waals surface area contributed by atoms with E-state index < -0.39 is 6.10 Å². The van der Waals surface area contributed by atoms with Gasteiger partial charge in [0.1, 0.15) is 5.82 Å². The highest BCUT2D eigenvalue weighted by molar-refractivity contribution is 9.10. The number of hydrogen-bond acceptors (Lipinski definition) is 3. The number of aliphatic hydroxyl groups is 1. The Labute approximate surface area is 117 Å². The largest absolute Gasteiger partial charge is 0.387 e. The first kappa shape index (κ1) is 13.5. The van der Waals surface area contributed by atoms with Crippen molar-refractivity contribution in [2.75, 3.05) is 5.75 Å². The van der Waals surface area contributed by atoms with Gasteiger partial charge in [-0.3, -0.25) is 0 Å². The third kappa shape index (κ3) is 3.54. The normalized spacial score (nSPS) is 12.4. The number of nitrogens with zero attached hydrogens (tertiary/aromatic N) is 1. The number of hydrogen-bond donors (Lipinski definition) is 1. The highest BCUT2D eigenvalue weighted by Crippen LogP contribution is 2.25. The summed E-state index contributed by atoms with van der Waals surface area (Å²) in [5, 5.41) is 10.7. The lowest BCUT2D eigenvalue weighted by Gasteiger charge is -2.11. The second-order valence-corrected chi connectivity index (χ2v) is 5.62. The van der Waals surface area contributed by atoms with Gasteiger partial charge in [0.2, 0.25) is 0 Å². The fourth-order valence-corrected chi connectivity index (χ4v) is 2.48. The van der Waals surface area contributed by atoms with E-state index in [1.165, 1.54) is 17.8 Å². The Bertz CT molecular complexity index is 521. The second-order valence-electron chi connectivity index (χ2n) is 3.66. The molecule has 0 aliphatic rings. The molecule has 1 heterocycles. The minimum atomic E-state index is -0.832. The van der Waals surface area contributed by atoms with Crippen LogP contribution in [0.25, 0.3) is 0 Å². The Balaban J connectivity index is 1.98. The van der Waals surface area contributed by atoms with Crippen LogP contribution in [0.15, 0.2) is 52.1 Å². The number of aliphatic hydroxyl groups excluding tert-OH is 1. The van der Waals surface area contributed by atoms with Gasteiger partial charge in [0.15, 0.2) is 0 Å². The van der Waals surface area contributed by atoms with Crippen LogP contribution >= 0.6 is 27.7 Å². The molecule has 2 aromatic rings. The first-order valence-corrected chi connectivity index (χ1v) is 7.11. The van der Waals surface area contributed by atoms with E-state index in [1.54, 1.807) is 24.4 Å². The fraction of sp³-hybridized carbons (Fsp3) is 0.154. The molecule has 1 atom stereocenters. The first-order valence-electron chi connectivity index (χ1n) is 5.33. The lowest BCUT2D eigenvalue weighted by atomic mass is 10.1. The van der Waals surface area contributed by atoms with Gasteiger partial charge < -0.3 is 5.11 Å². The van der Waals surface area contributed by atoms with Crippen LogP contribution in [0.3, 0.4) is 0 Å². The summed E-state index contributed by atoms with van der Waals surface area (Å²) < 4.78 is 14.3. The summed E-state index contributed by atoms with van der Waals surface area (Å²) in [7, 11) is 0. The van der Waals surface area contributed by atoms with Crippen molar-refractivity contribution in [1.29, 1.82) is 0 Å². The van der Waals surface area contributed by atoms with Crippen LogP contribution in [0.2, 0.25) is 0 Å². The molecular formula is C13H11BrFNOS. The SMILES string of the molecule is OC(CSc1ccc(Br)cn1)c1ccccc1F. The minimum absolute atomic E-state index is 0.321. The molecule has 0 aliphatic heterocycles. The maximum Gasteiger partial charge on any atom is 0.129 e. The summed E-state index contributed by atoms with van der Waals surface area (Å²) >= 11 is 4.69. The molecule has 5 heteroatoms. The smallest absolute Gasteiger partial charge is 0.129 e. The summed E-state index contributed by atoms with van der Waals surface area (Å²) in [4.78, 5) is 4.18. The van der Waals surface area contributed by atoms with E-state index >= 15 is 0 Å². The molecular weight excluding hydrogens is 317 g/mol. The number of benzene rings is 1. The van der Waals surface area contributed by atoms with E-state index in [0.29, 0.717) is 11.3 Å². The molecule has 1 N–H and O–H groups in total. The zero-order chi connectivity index (χ0) is 13.0. The van der Waals surface area contributed by atoms with Crippen molar-refractivity contribution in [3.8, 4) is 0 Å². The second kappa shape index (κ2) is 6.31. The number of rotatable bonds is 4. The van der Waals surface area contributed by atoms with Gasteiger partial charge in [0, 0.05) is 22.0 Å². The Morgan fingerprint density at radius 1 is 1.28 bits per heavy atom. The van der Waals surface area contributed by atoms with E-state index in [0.717, 1.165) is 9.50 Å². The highest BCUT2D eigenvalue weighted by atomic mass is 79.9. The first-order chi connectivity index (χ1) is 8.66.